The van der Waals surface area contributed by atoms with Crippen LogP contribution in [0.25, 0.3) is 0 Å². The van der Waals surface area contributed by atoms with Crippen LogP contribution < -0.4 is 10.1 Å². The van der Waals surface area contributed by atoms with Crippen LogP contribution in [0.15, 0.2) is 12.4 Å². The highest BCUT2D eigenvalue weighted by atomic mass is 35.5. The number of halogens is 1. The van der Waals surface area contributed by atoms with Gasteiger partial charge in [-0.05, 0) is 45.7 Å². The Bertz CT molecular complexity index is 321. The van der Waals surface area contributed by atoms with Crippen molar-refractivity contribution in [2.45, 2.75) is 32.7 Å². The molecular formula is C12H22ClN3O. The van der Waals surface area contributed by atoms with Crippen LogP contribution in [0.1, 0.15) is 32.7 Å². The van der Waals surface area contributed by atoms with E-state index in [0.717, 1.165) is 25.4 Å². The van der Waals surface area contributed by atoms with Crippen LogP contribution in [-0.4, -0.2) is 29.5 Å². The van der Waals surface area contributed by atoms with Gasteiger partial charge in [-0.15, -0.1) is 12.4 Å². The Kier molecular flexibility index (Phi) is 5.78. The number of rotatable bonds is 4. The molecule has 2 rings (SSSR count). The molecule has 1 fully saturated rings. The average molecular weight is 260 g/mol. The molecule has 1 aromatic heterocycles. The van der Waals surface area contributed by atoms with E-state index in [1.807, 2.05) is 10.9 Å². The number of nitrogens with one attached hydrogen (secondary N) is 1. The fraction of sp³-hybridized carbons (Fsp3) is 0.750. The third kappa shape index (κ3) is 4.21. The summed E-state index contributed by atoms with van der Waals surface area (Å²) in [6.07, 6.45) is 6.23. The van der Waals surface area contributed by atoms with Crippen molar-refractivity contribution in [3.63, 3.8) is 0 Å². The van der Waals surface area contributed by atoms with E-state index in [4.69, 9.17) is 4.74 Å². The molecule has 2 heterocycles. The Morgan fingerprint density at radius 1 is 1.47 bits per heavy atom. The topological polar surface area (TPSA) is 39.1 Å². The number of nitrogens with zero attached hydrogens (tertiary/aromatic N) is 2. The molecule has 1 aromatic rings. The maximum atomic E-state index is 5.77. The zero-order valence-corrected chi connectivity index (χ0v) is 11.4. The molecule has 0 unspecified atom stereocenters. The summed E-state index contributed by atoms with van der Waals surface area (Å²) in [5.74, 6) is 1.59. The normalized spacial score (nSPS) is 16.9. The molecular weight excluding hydrogens is 238 g/mol. The van der Waals surface area contributed by atoms with Gasteiger partial charge in [0.15, 0.2) is 5.75 Å². The Balaban J connectivity index is 0.00000144. The number of aromatic nitrogens is 2. The number of piperidine rings is 1. The lowest BCUT2D eigenvalue weighted by molar-refractivity contribution is 0.215. The summed E-state index contributed by atoms with van der Waals surface area (Å²) in [6.45, 7) is 7.30. The lowest BCUT2D eigenvalue weighted by atomic mass is 9.99. The van der Waals surface area contributed by atoms with Gasteiger partial charge in [-0.25, -0.2) is 0 Å². The van der Waals surface area contributed by atoms with E-state index in [1.54, 1.807) is 6.20 Å². The van der Waals surface area contributed by atoms with E-state index in [1.165, 1.54) is 12.8 Å². The fourth-order valence-electron chi connectivity index (χ4n) is 1.94. The first-order chi connectivity index (χ1) is 7.75. The van der Waals surface area contributed by atoms with Crippen molar-refractivity contribution in [2.75, 3.05) is 19.7 Å². The van der Waals surface area contributed by atoms with Gasteiger partial charge in [0.2, 0.25) is 0 Å². The third-order valence-electron chi connectivity index (χ3n) is 3.05. The van der Waals surface area contributed by atoms with E-state index < -0.39 is 0 Å². The predicted molar refractivity (Wildman–Crippen MR) is 70.9 cm³/mol. The van der Waals surface area contributed by atoms with Gasteiger partial charge in [-0.3, -0.25) is 4.68 Å². The second-order valence-corrected chi connectivity index (χ2v) is 4.75. The zero-order chi connectivity index (χ0) is 11.4. The smallest absolute Gasteiger partial charge is 0.157 e. The Hall–Kier alpha value is -0.740. The molecule has 5 heteroatoms. The highest BCUT2D eigenvalue weighted by molar-refractivity contribution is 5.85. The SMILES string of the molecule is CC(C)n1cc(OCC2CCNCC2)cn1.Cl. The van der Waals surface area contributed by atoms with Crippen molar-refractivity contribution in [3.05, 3.63) is 12.4 Å². The number of ether oxygens (including phenoxy) is 1. The van der Waals surface area contributed by atoms with Crippen molar-refractivity contribution >= 4 is 12.4 Å². The quantitative estimate of drug-likeness (QED) is 0.902. The summed E-state index contributed by atoms with van der Waals surface area (Å²) in [6, 6.07) is 0.399. The minimum Gasteiger partial charge on any atom is -0.490 e. The molecule has 4 nitrogen and oxygen atoms in total. The molecule has 0 amide bonds. The van der Waals surface area contributed by atoms with Gasteiger partial charge in [-0.2, -0.15) is 5.10 Å². The van der Waals surface area contributed by atoms with E-state index in [-0.39, 0.29) is 12.4 Å². The summed E-state index contributed by atoms with van der Waals surface area (Å²) < 4.78 is 7.69. The highest BCUT2D eigenvalue weighted by Gasteiger charge is 2.14. The van der Waals surface area contributed by atoms with Crippen LogP contribution in [0, 0.1) is 5.92 Å². The van der Waals surface area contributed by atoms with Crippen LogP contribution in [0.2, 0.25) is 0 Å². The summed E-state index contributed by atoms with van der Waals surface area (Å²) in [5.41, 5.74) is 0. The van der Waals surface area contributed by atoms with Crippen LogP contribution in [0.4, 0.5) is 0 Å². The molecule has 0 bridgehead atoms. The second-order valence-electron chi connectivity index (χ2n) is 4.75. The fourth-order valence-corrected chi connectivity index (χ4v) is 1.94. The van der Waals surface area contributed by atoms with E-state index in [9.17, 15) is 0 Å². The lowest BCUT2D eigenvalue weighted by Crippen LogP contribution is -2.30. The largest absolute Gasteiger partial charge is 0.490 e. The van der Waals surface area contributed by atoms with Gasteiger partial charge in [0, 0.05) is 6.04 Å². The molecule has 0 atom stereocenters. The maximum Gasteiger partial charge on any atom is 0.157 e. The van der Waals surface area contributed by atoms with Gasteiger partial charge in [0.05, 0.1) is 19.0 Å². The standard InChI is InChI=1S/C12H21N3O.ClH/c1-10(2)15-8-12(7-14-15)16-9-11-3-5-13-6-4-11;/h7-8,10-11,13H,3-6,9H2,1-2H3;1H. The lowest BCUT2D eigenvalue weighted by Gasteiger charge is -2.22. The van der Waals surface area contributed by atoms with Crippen LogP contribution in [-0.2, 0) is 0 Å². The molecule has 0 aliphatic carbocycles. The second kappa shape index (κ2) is 6.87. The molecule has 1 saturated heterocycles. The molecule has 1 aliphatic rings. The molecule has 0 aromatic carbocycles. The van der Waals surface area contributed by atoms with Crippen LogP contribution in [0.3, 0.4) is 0 Å². The van der Waals surface area contributed by atoms with E-state index >= 15 is 0 Å². The van der Waals surface area contributed by atoms with Crippen molar-refractivity contribution in [1.29, 1.82) is 0 Å². The van der Waals surface area contributed by atoms with Gasteiger partial charge in [0.25, 0.3) is 0 Å². The van der Waals surface area contributed by atoms with Crippen molar-refractivity contribution in [3.8, 4) is 5.75 Å². The van der Waals surface area contributed by atoms with Gasteiger partial charge in [0.1, 0.15) is 0 Å². The van der Waals surface area contributed by atoms with Crippen LogP contribution in [0.5, 0.6) is 5.75 Å². The van der Waals surface area contributed by atoms with Gasteiger partial charge < -0.3 is 10.1 Å². The van der Waals surface area contributed by atoms with E-state index in [2.05, 4.69) is 24.3 Å². The zero-order valence-electron chi connectivity index (χ0n) is 10.6. The average Bonchev–Trinajstić information content (AvgIpc) is 2.76. The molecule has 1 N–H and O–H groups in total. The number of hydrogen-bond donors (Lipinski definition) is 1. The number of hydrogen-bond acceptors (Lipinski definition) is 3. The molecule has 0 saturated carbocycles. The summed E-state index contributed by atoms with van der Waals surface area (Å²) in [5, 5.41) is 7.62. The van der Waals surface area contributed by atoms with E-state index in [0.29, 0.717) is 12.0 Å². The Morgan fingerprint density at radius 2 is 2.18 bits per heavy atom. The van der Waals surface area contributed by atoms with Crippen molar-refractivity contribution < 1.29 is 4.74 Å². The molecule has 98 valence electrons. The van der Waals surface area contributed by atoms with Crippen LogP contribution >= 0.6 is 12.4 Å². The van der Waals surface area contributed by atoms with Crippen molar-refractivity contribution in [2.24, 2.45) is 5.92 Å². The first-order valence-corrected chi connectivity index (χ1v) is 6.13. The Morgan fingerprint density at radius 3 is 2.76 bits per heavy atom. The first-order valence-electron chi connectivity index (χ1n) is 6.13. The molecule has 1 aliphatic heterocycles. The molecule has 0 spiro atoms. The summed E-state index contributed by atoms with van der Waals surface area (Å²) in [7, 11) is 0. The monoisotopic (exact) mass is 259 g/mol. The minimum atomic E-state index is 0. The first kappa shape index (κ1) is 14.3. The third-order valence-corrected chi connectivity index (χ3v) is 3.05. The maximum absolute atomic E-state index is 5.77. The minimum absolute atomic E-state index is 0. The Labute approximate surface area is 109 Å². The van der Waals surface area contributed by atoms with Gasteiger partial charge in [-0.1, -0.05) is 0 Å². The summed E-state index contributed by atoms with van der Waals surface area (Å²) in [4.78, 5) is 0. The van der Waals surface area contributed by atoms with Crippen molar-refractivity contribution in [1.82, 2.24) is 15.1 Å². The summed E-state index contributed by atoms with van der Waals surface area (Å²) >= 11 is 0. The predicted octanol–water partition coefficient (Wildman–Crippen LogP) is 2.26. The molecule has 17 heavy (non-hydrogen) atoms. The highest BCUT2D eigenvalue weighted by Crippen LogP contribution is 2.16. The van der Waals surface area contributed by atoms with Gasteiger partial charge >= 0.3 is 0 Å². The molecule has 0 radical (unpaired) electrons.